The molecule has 0 spiro atoms. The number of benzene rings is 3. The molecular formula is C20H13Cl2NO2. The van der Waals surface area contributed by atoms with Gasteiger partial charge in [0.2, 0.25) is 0 Å². The molecule has 0 aliphatic carbocycles. The molecular weight excluding hydrogens is 357 g/mol. The predicted octanol–water partition coefficient (Wildman–Crippen LogP) is 5.48. The zero-order valence-corrected chi connectivity index (χ0v) is 14.5. The van der Waals surface area contributed by atoms with Gasteiger partial charge in [-0.2, -0.15) is 0 Å². The smallest absolute Gasteiger partial charge is 0.257 e. The molecule has 1 amide bonds. The number of halogens is 2. The van der Waals surface area contributed by atoms with Crippen molar-refractivity contribution in [2.45, 2.75) is 0 Å². The van der Waals surface area contributed by atoms with Gasteiger partial charge in [0.1, 0.15) is 0 Å². The third kappa shape index (κ3) is 4.08. The maximum Gasteiger partial charge on any atom is 0.257 e. The van der Waals surface area contributed by atoms with Crippen LogP contribution in [0.15, 0.2) is 72.8 Å². The summed E-state index contributed by atoms with van der Waals surface area (Å²) >= 11 is 11.9. The molecule has 0 bridgehead atoms. The summed E-state index contributed by atoms with van der Waals surface area (Å²) in [4.78, 5) is 24.7. The van der Waals surface area contributed by atoms with Crippen molar-refractivity contribution in [1.82, 2.24) is 0 Å². The number of hydrogen-bond acceptors (Lipinski definition) is 2. The normalized spacial score (nSPS) is 10.3. The Balaban J connectivity index is 1.76. The lowest BCUT2D eigenvalue weighted by molar-refractivity contribution is 0.102. The van der Waals surface area contributed by atoms with Crippen molar-refractivity contribution in [3.63, 3.8) is 0 Å². The standard InChI is InChI=1S/C20H13Cl2NO2/c21-15-8-11-18(22)17(12-15)20(25)23-16-9-6-14(7-10-16)19(24)13-4-2-1-3-5-13/h1-12H,(H,23,25). The second kappa shape index (κ2) is 7.51. The molecule has 1 N–H and O–H groups in total. The van der Waals surface area contributed by atoms with Crippen LogP contribution in [-0.2, 0) is 0 Å². The molecule has 25 heavy (non-hydrogen) atoms. The number of ketones is 1. The molecule has 0 aliphatic heterocycles. The van der Waals surface area contributed by atoms with Crippen molar-refractivity contribution in [2.75, 3.05) is 5.32 Å². The number of carbonyl (C=O) groups is 2. The fraction of sp³-hybridized carbons (Fsp3) is 0. The Kier molecular flexibility index (Phi) is 5.17. The molecule has 0 fully saturated rings. The number of nitrogens with one attached hydrogen (secondary N) is 1. The molecule has 0 saturated carbocycles. The second-order valence-electron chi connectivity index (χ2n) is 5.35. The average molecular weight is 370 g/mol. The van der Waals surface area contributed by atoms with Crippen LogP contribution in [0.25, 0.3) is 0 Å². The molecule has 0 atom stereocenters. The Hall–Kier alpha value is -2.62. The predicted molar refractivity (Wildman–Crippen MR) is 101 cm³/mol. The summed E-state index contributed by atoms with van der Waals surface area (Å²) in [7, 11) is 0. The fourth-order valence-electron chi connectivity index (χ4n) is 2.33. The van der Waals surface area contributed by atoms with E-state index in [1.165, 1.54) is 6.07 Å². The van der Waals surface area contributed by atoms with E-state index in [0.717, 1.165) is 0 Å². The minimum Gasteiger partial charge on any atom is -0.322 e. The van der Waals surface area contributed by atoms with Gasteiger partial charge in [0.25, 0.3) is 5.91 Å². The molecule has 0 saturated heterocycles. The van der Waals surface area contributed by atoms with Crippen LogP contribution in [0.4, 0.5) is 5.69 Å². The number of amides is 1. The van der Waals surface area contributed by atoms with Crippen LogP contribution >= 0.6 is 23.2 Å². The van der Waals surface area contributed by atoms with E-state index >= 15 is 0 Å². The first-order chi connectivity index (χ1) is 12.0. The van der Waals surface area contributed by atoms with Gasteiger partial charge in [-0.25, -0.2) is 0 Å². The lowest BCUT2D eigenvalue weighted by Crippen LogP contribution is -2.12. The largest absolute Gasteiger partial charge is 0.322 e. The molecule has 3 aromatic carbocycles. The van der Waals surface area contributed by atoms with Crippen LogP contribution in [-0.4, -0.2) is 11.7 Å². The Morgan fingerprint density at radius 2 is 1.40 bits per heavy atom. The highest BCUT2D eigenvalue weighted by molar-refractivity contribution is 6.36. The van der Waals surface area contributed by atoms with Gasteiger partial charge in [-0.3, -0.25) is 9.59 Å². The van der Waals surface area contributed by atoms with Crippen LogP contribution < -0.4 is 5.32 Å². The van der Waals surface area contributed by atoms with Gasteiger partial charge in [0.05, 0.1) is 10.6 Å². The van der Waals surface area contributed by atoms with E-state index < -0.39 is 0 Å². The minimum atomic E-state index is -0.366. The Morgan fingerprint density at radius 3 is 2.08 bits per heavy atom. The summed E-state index contributed by atoms with van der Waals surface area (Å²) in [6.07, 6.45) is 0. The highest BCUT2D eigenvalue weighted by atomic mass is 35.5. The number of carbonyl (C=O) groups excluding carboxylic acids is 2. The second-order valence-corrected chi connectivity index (χ2v) is 6.19. The first kappa shape index (κ1) is 17.2. The lowest BCUT2D eigenvalue weighted by Gasteiger charge is -2.08. The van der Waals surface area contributed by atoms with E-state index in [1.54, 1.807) is 48.5 Å². The SMILES string of the molecule is O=C(c1ccccc1)c1ccc(NC(=O)c2cc(Cl)ccc2Cl)cc1. The van der Waals surface area contributed by atoms with Gasteiger partial charge in [0.15, 0.2) is 5.78 Å². The maximum absolute atomic E-state index is 12.4. The summed E-state index contributed by atoms with van der Waals surface area (Å²) in [6.45, 7) is 0. The van der Waals surface area contributed by atoms with Crippen molar-refractivity contribution >= 4 is 40.6 Å². The van der Waals surface area contributed by atoms with Gasteiger partial charge in [0, 0.05) is 21.8 Å². The van der Waals surface area contributed by atoms with Crippen molar-refractivity contribution in [3.05, 3.63) is 99.5 Å². The topological polar surface area (TPSA) is 46.2 Å². The molecule has 0 unspecified atom stereocenters. The Morgan fingerprint density at radius 1 is 0.760 bits per heavy atom. The zero-order valence-electron chi connectivity index (χ0n) is 13.0. The molecule has 5 heteroatoms. The van der Waals surface area contributed by atoms with E-state index in [4.69, 9.17) is 23.2 Å². The van der Waals surface area contributed by atoms with Crippen LogP contribution in [0.5, 0.6) is 0 Å². The van der Waals surface area contributed by atoms with Gasteiger partial charge in [-0.1, -0.05) is 53.5 Å². The van der Waals surface area contributed by atoms with Gasteiger partial charge < -0.3 is 5.32 Å². The quantitative estimate of drug-likeness (QED) is 0.619. The summed E-state index contributed by atoms with van der Waals surface area (Å²) in [5, 5.41) is 3.49. The molecule has 0 radical (unpaired) electrons. The van der Waals surface area contributed by atoms with Crippen molar-refractivity contribution < 1.29 is 9.59 Å². The minimum absolute atomic E-state index is 0.0728. The Labute approximate surface area is 155 Å². The van der Waals surface area contributed by atoms with Crippen LogP contribution in [0.3, 0.4) is 0 Å². The van der Waals surface area contributed by atoms with E-state index in [0.29, 0.717) is 32.4 Å². The van der Waals surface area contributed by atoms with E-state index in [2.05, 4.69) is 5.32 Å². The zero-order chi connectivity index (χ0) is 17.8. The van der Waals surface area contributed by atoms with E-state index in [1.807, 2.05) is 18.2 Å². The number of rotatable bonds is 4. The molecule has 0 aliphatic rings. The molecule has 3 rings (SSSR count). The highest BCUT2D eigenvalue weighted by Gasteiger charge is 2.12. The van der Waals surface area contributed by atoms with Crippen molar-refractivity contribution in [1.29, 1.82) is 0 Å². The summed E-state index contributed by atoms with van der Waals surface area (Å²) < 4.78 is 0. The van der Waals surface area contributed by atoms with Gasteiger partial charge in [-0.05, 0) is 42.5 Å². The van der Waals surface area contributed by atoms with E-state index in [9.17, 15) is 9.59 Å². The first-order valence-corrected chi connectivity index (χ1v) is 8.26. The number of anilines is 1. The summed E-state index contributed by atoms with van der Waals surface area (Å²) in [5.74, 6) is -0.439. The van der Waals surface area contributed by atoms with Crippen molar-refractivity contribution in [3.8, 4) is 0 Å². The van der Waals surface area contributed by atoms with Gasteiger partial charge >= 0.3 is 0 Å². The summed E-state index contributed by atoms with van der Waals surface area (Å²) in [6, 6.07) is 20.4. The van der Waals surface area contributed by atoms with Crippen molar-refractivity contribution in [2.24, 2.45) is 0 Å². The molecule has 0 aromatic heterocycles. The number of hydrogen-bond donors (Lipinski definition) is 1. The van der Waals surface area contributed by atoms with Gasteiger partial charge in [-0.15, -0.1) is 0 Å². The van der Waals surface area contributed by atoms with Crippen LogP contribution in [0, 0.1) is 0 Å². The maximum atomic E-state index is 12.4. The summed E-state index contributed by atoms with van der Waals surface area (Å²) in [5.41, 5.74) is 2.01. The average Bonchev–Trinajstić information content (AvgIpc) is 2.64. The molecule has 3 nitrogen and oxygen atoms in total. The molecule has 0 heterocycles. The van der Waals surface area contributed by atoms with Crippen LogP contribution in [0.1, 0.15) is 26.3 Å². The fourth-order valence-corrected chi connectivity index (χ4v) is 2.71. The third-order valence-electron chi connectivity index (χ3n) is 3.61. The third-order valence-corrected chi connectivity index (χ3v) is 4.18. The Bertz CT molecular complexity index is 922. The highest BCUT2D eigenvalue weighted by Crippen LogP contribution is 2.22. The molecule has 124 valence electrons. The lowest BCUT2D eigenvalue weighted by atomic mass is 10.0. The van der Waals surface area contributed by atoms with Crippen LogP contribution in [0.2, 0.25) is 10.0 Å². The monoisotopic (exact) mass is 369 g/mol. The first-order valence-electron chi connectivity index (χ1n) is 7.51. The molecule has 3 aromatic rings. The van der Waals surface area contributed by atoms with E-state index in [-0.39, 0.29) is 11.7 Å².